The summed E-state index contributed by atoms with van der Waals surface area (Å²) < 4.78 is 0. The van der Waals surface area contributed by atoms with Gasteiger partial charge >= 0.3 is 0 Å². The van der Waals surface area contributed by atoms with Crippen LogP contribution < -0.4 is 10.4 Å². The van der Waals surface area contributed by atoms with Crippen LogP contribution in [-0.4, -0.2) is 19.0 Å². The molecule has 3 aromatic carbocycles. The van der Waals surface area contributed by atoms with E-state index in [-0.39, 0.29) is 0 Å². The van der Waals surface area contributed by atoms with E-state index in [9.17, 15) is 0 Å². The first-order valence-electron chi connectivity index (χ1n) is 8.56. The third-order valence-electron chi connectivity index (χ3n) is 4.02. The zero-order valence-corrected chi connectivity index (χ0v) is 15.9. The van der Waals surface area contributed by atoms with Crippen molar-refractivity contribution < 1.29 is 0 Å². The number of rotatable bonds is 8. The minimum absolute atomic E-state index is 0.910. The molecule has 0 unspecified atom stereocenters. The van der Waals surface area contributed by atoms with Gasteiger partial charge in [-0.3, -0.25) is 0 Å². The molecule has 3 aromatic rings. The highest BCUT2D eigenvalue weighted by Gasteiger charge is 2.00. The SMILES string of the molecule is c1ccc([Si]CCc2cccc(CC[Si]c3ccccc3)c2)cc1. The summed E-state index contributed by atoms with van der Waals surface area (Å²) >= 11 is 0. The molecule has 3 rings (SSSR count). The molecule has 4 radical (unpaired) electrons. The molecule has 0 bridgehead atoms. The maximum atomic E-state index is 2.41. The second-order valence-electron chi connectivity index (χ2n) is 5.91. The number of aryl methyl sites for hydroxylation is 2. The van der Waals surface area contributed by atoms with Crippen LogP contribution in [0.2, 0.25) is 12.1 Å². The number of benzene rings is 3. The molecule has 0 atom stereocenters. The zero-order valence-electron chi connectivity index (χ0n) is 13.9. The van der Waals surface area contributed by atoms with Gasteiger partial charge in [0, 0.05) is 0 Å². The molecule has 0 nitrogen and oxygen atoms in total. The highest BCUT2D eigenvalue weighted by molar-refractivity contribution is 6.53. The summed E-state index contributed by atoms with van der Waals surface area (Å²) in [4.78, 5) is 0. The lowest BCUT2D eigenvalue weighted by atomic mass is 10.1. The Hall–Kier alpha value is -1.91. The van der Waals surface area contributed by atoms with Crippen molar-refractivity contribution in [3.8, 4) is 0 Å². The van der Waals surface area contributed by atoms with E-state index in [1.165, 1.54) is 46.4 Å². The van der Waals surface area contributed by atoms with E-state index in [2.05, 4.69) is 84.9 Å². The van der Waals surface area contributed by atoms with Gasteiger partial charge in [-0.1, -0.05) is 107 Å². The molecule has 0 aromatic heterocycles. The molecule has 24 heavy (non-hydrogen) atoms. The summed E-state index contributed by atoms with van der Waals surface area (Å²) in [6, 6.07) is 33.3. The molecule has 0 aliphatic rings. The number of hydrogen-bond donors (Lipinski definition) is 0. The Morgan fingerprint density at radius 1 is 0.500 bits per heavy atom. The molecule has 0 saturated heterocycles. The second-order valence-corrected chi connectivity index (χ2v) is 8.77. The largest absolute Gasteiger partial charge is 0.0811 e. The first kappa shape index (κ1) is 16.9. The molecule has 0 fully saturated rings. The Morgan fingerprint density at radius 3 is 1.42 bits per heavy atom. The molecule has 0 aliphatic carbocycles. The van der Waals surface area contributed by atoms with Crippen molar-refractivity contribution in [3.63, 3.8) is 0 Å². The topological polar surface area (TPSA) is 0 Å². The zero-order chi connectivity index (χ0) is 16.5. The fraction of sp³-hybridized carbons (Fsp3) is 0.182. The molecular formula is C22H22Si2. The summed E-state index contributed by atoms with van der Waals surface area (Å²) in [6.07, 6.45) is 2.37. The Kier molecular flexibility index (Phi) is 6.64. The first-order chi connectivity index (χ1) is 11.9. The second kappa shape index (κ2) is 9.40. The molecule has 0 N–H and O–H groups in total. The van der Waals surface area contributed by atoms with Gasteiger partial charge in [-0.15, -0.1) is 0 Å². The van der Waals surface area contributed by atoms with Crippen LogP contribution >= 0.6 is 0 Å². The van der Waals surface area contributed by atoms with E-state index in [0.29, 0.717) is 0 Å². The highest BCUT2D eigenvalue weighted by Crippen LogP contribution is 2.10. The van der Waals surface area contributed by atoms with E-state index in [1.54, 1.807) is 0 Å². The maximum absolute atomic E-state index is 2.41. The third-order valence-corrected chi connectivity index (χ3v) is 6.51. The maximum Gasteiger partial charge on any atom is 0.0811 e. The predicted octanol–water partition coefficient (Wildman–Crippen LogP) is 3.67. The van der Waals surface area contributed by atoms with Gasteiger partial charge in [0.05, 0.1) is 19.0 Å². The Morgan fingerprint density at radius 2 is 0.958 bits per heavy atom. The van der Waals surface area contributed by atoms with Crippen molar-refractivity contribution in [2.24, 2.45) is 0 Å². The van der Waals surface area contributed by atoms with Crippen molar-refractivity contribution >= 4 is 29.4 Å². The lowest BCUT2D eigenvalue weighted by Gasteiger charge is -2.06. The van der Waals surface area contributed by atoms with Crippen LogP contribution in [0.1, 0.15) is 11.1 Å². The molecule has 2 heteroatoms. The average Bonchev–Trinajstić information content (AvgIpc) is 2.64. The van der Waals surface area contributed by atoms with E-state index in [4.69, 9.17) is 0 Å². The molecule has 0 amide bonds. The van der Waals surface area contributed by atoms with Gasteiger partial charge in [-0.25, -0.2) is 0 Å². The third kappa shape index (κ3) is 5.62. The van der Waals surface area contributed by atoms with Gasteiger partial charge in [0.2, 0.25) is 0 Å². The van der Waals surface area contributed by atoms with Gasteiger partial charge in [0.15, 0.2) is 0 Å². The van der Waals surface area contributed by atoms with Crippen LogP contribution in [0.5, 0.6) is 0 Å². The summed E-state index contributed by atoms with van der Waals surface area (Å²) in [5, 5.41) is 2.94. The quantitative estimate of drug-likeness (QED) is 0.548. The van der Waals surface area contributed by atoms with Crippen LogP contribution in [0, 0.1) is 0 Å². The standard InChI is InChI=1S/C22H22Si2/c1-3-10-21(11-4-1)23-16-14-19-8-7-9-20(18-19)15-17-24-22-12-5-2-6-13-22/h1-13,18H,14-17H2. The monoisotopic (exact) mass is 342 g/mol. The van der Waals surface area contributed by atoms with Gasteiger partial charge in [0.25, 0.3) is 0 Å². The molecule has 0 heterocycles. The highest BCUT2D eigenvalue weighted by atomic mass is 28.2. The van der Waals surface area contributed by atoms with Crippen LogP contribution in [0.3, 0.4) is 0 Å². The van der Waals surface area contributed by atoms with E-state index in [1.807, 2.05) is 0 Å². The predicted molar refractivity (Wildman–Crippen MR) is 107 cm³/mol. The summed E-state index contributed by atoms with van der Waals surface area (Å²) in [7, 11) is 1.82. The van der Waals surface area contributed by atoms with E-state index in [0.717, 1.165) is 19.0 Å². The van der Waals surface area contributed by atoms with Crippen molar-refractivity contribution in [3.05, 3.63) is 96.1 Å². The van der Waals surface area contributed by atoms with Crippen molar-refractivity contribution in [2.45, 2.75) is 24.9 Å². The molecule has 118 valence electrons. The molecule has 0 aliphatic heterocycles. The van der Waals surface area contributed by atoms with Crippen molar-refractivity contribution in [2.75, 3.05) is 0 Å². The normalized spacial score (nSPS) is 10.7. The summed E-state index contributed by atoms with van der Waals surface area (Å²) in [5.41, 5.74) is 2.97. The van der Waals surface area contributed by atoms with Crippen LogP contribution in [-0.2, 0) is 12.8 Å². The van der Waals surface area contributed by atoms with Gasteiger partial charge in [0.1, 0.15) is 0 Å². The lowest BCUT2D eigenvalue weighted by Crippen LogP contribution is -2.13. The minimum atomic E-state index is 0.910. The lowest BCUT2D eigenvalue weighted by molar-refractivity contribution is 1.08. The van der Waals surface area contributed by atoms with Crippen LogP contribution in [0.25, 0.3) is 0 Å². The number of hydrogen-bond acceptors (Lipinski definition) is 0. The molecular weight excluding hydrogens is 320 g/mol. The fourth-order valence-electron chi connectivity index (χ4n) is 2.76. The van der Waals surface area contributed by atoms with Gasteiger partial charge < -0.3 is 0 Å². The van der Waals surface area contributed by atoms with Gasteiger partial charge in [-0.05, 0) is 24.0 Å². The smallest absolute Gasteiger partial charge is 0.0642 e. The summed E-state index contributed by atoms with van der Waals surface area (Å²) in [5.74, 6) is 0. The van der Waals surface area contributed by atoms with Crippen molar-refractivity contribution in [1.82, 2.24) is 0 Å². The Bertz CT molecular complexity index is 662. The first-order valence-corrected chi connectivity index (χ1v) is 11.0. The Balaban J connectivity index is 1.45. The minimum Gasteiger partial charge on any atom is -0.0642 e. The molecule has 0 saturated carbocycles. The van der Waals surface area contributed by atoms with E-state index < -0.39 is 0 Å². The van der Waals surface area contributed by atoms with Crippen LogP contribution in [0.4, 0.5) is 0 Å². The van der Waals surface area contributed by atoms with Crippen LogP contribution in [0.15, 0.2) is 84.9 Å². The summed E-state index contributed by atoms with van der Waals surface area (Å²) in [6.45, 7) is 0. The fourth-order valence-corrected chi connectivity index (χ4v) is 5.02. The average molecular weight is 343 g/mol. The Labute approximate surface area is 150 Å². The van der Waals surface area contributed by atoms with E-state index >= 15 is 0 Å². The van der Waals surface area contributed by atoms with Gasteiger partial charge in [-0.2, -0.15) is 0 Å². The molecule has 0 spiro atoms. The van der Waals surface area contributed by atoms with Crippen molar-refractivity contribution in [1.29, 1.82) is 0 Å².